The maximum absolute atomic E-state index is 12.8. The van der Waals surface area contributed by atoms with Gasteiger partial charge in [-0.25, -0.2) is 8.42 Å². The molecule has 0 saturated heterocycles. The van der Waals surface area contributed by atoms with Crippen molar-refractivity contribution in [2.45, 2.75) is 25.7 Å². The van der Waals surface area contributed by atoms with Gasteiger partial charge in [-0.15, -0.1) is 0 Å². The summed E-state index contributed by atoms with van der Waals surface area (Å²) in [6.45, 7) is 6.29. The van der Waals surface area contributed by atoms with Gasteiger partial charge in [0.25, 0.3) is 0 Å². The van der Waals surface area contributed by atoms with Crippen molar-refractivity contribution in [2.24, 2.45) is 0 Å². The number of aryl methyl sites for hydroxylation is 1. The van der Waals surface area contributed by atoms with Crippen molar-refractivity contribution >= 4 is 38.7 Å². The van der Waals surface area contributed by atoms with E-state index in [0.717, 1.165) is 5.56 Å². The minimum Gasteiger partial charge on any atom is -0.493 e. The SMILES string of the molecule is CCN(CC)S(=O)(=O)c1ccc(C)c(NC(=S)Nc2cc(OC)c(OC)c(OC)c2)c1. The fourth-order valence-corrected chi connectivity index (χ4v) is 4.76. The van der Waals surface area contributed by atoms with Gasteiger partial charge in [0.15, 0.2) is 16.6 Å². The van der Waals surface area contributed by atoms with Gasteiger partial charge in [0.2, 0.25) is 15.8 Å². The quantitative estimate of drug-likeness (QED) is 0.538. The van der Waals surface area contributed by atoms with Gasteiger partial charge in [-0.2, -0.15) is 4.31 Å². The van der Waals surface area contributed by atoms with E-state index in [2.05, 4.69) is 10.6 Å². The third-order valence-electron chi connectivity index (χ3n) is 4.72. The van der Waals surface area contributed by atoms with E-state index in [1.807, 2.05) is 20.8 Å². The third-order valence-corrected chi connectivity index (χ3v) is 6.97. The molecule has 170 valence electrons. The first-order valence-electron chi connectivity index (χ1n) is 9.70. The Balaban J connectivity index is 2.29. The van der Waals surface area contributed by atoms with E-state index < -0.39 is 10.0 Å². The zero-order valence-corrected chi connectivity index (χ0v) is 20.2. The molecule has 2 aromatic carbocycles. The summed E-state index contributed by atoms with van der Waals surface area (Å²) in [5.41, 5.74) is 2.07. The van der Waals surface area contributed by atoms with Crippen LogP contribution in [0.3, 0.4) is 0 Å². The Morgan fingerprint density at radius 2 is 1.55 bits per heavy atom. The molecule has 0 atom stereocenters. The van der Waals surface area contributed by atoms with Crippen LogP contribution in [0.2, 0.25) is 0 Å². The largest absolute Gasteiger partial charge is 0.493 e. The molecule has 0 heterocycles. The minimum atomic E-state index is -3.58. The highest BCUT2D eigenvalue weighted by Crippen LogP contribution is 2.40. The highest BCUT2D eigenvalue weighted by Gasteiger charge is 2.22. The van der Waals surface area contributed by atoms with Crippen LogP contribution in [-0.4, -0.2) is 52.3 Å². The first-order valence-corrected chi connectivity index (χ1v) is 11.5. The zero-order chi connectivity index (χ0) is 23.2. The molecule has 8 nitrogen and oxygen atoms in total. The van der Waals surface area contributed by atoms with E-state index in [-0.39, 0.29) is 10.0 Å². The van der Waals surface area contributed by atoms with Crippen LogP contribution in [-0.2, 0) is 10.0 Å². The first kappa shape index (κ1) is 24.7. The van der Waals surface area contributed by atoms with Crippen LogP contribution in [0.1, 0.15) is 19.4 Å². The van der Waals surface area contributed by atoms with Crippen LogP contribution >= 0.6 is 12.2 Å². The Morgan fingerprint density at radius 1 is 0.968 bits per heavy atom. The highest BCUT2D eigenvalue weighted by molar-refractivity contribution is 7.89. The molecule has 0 unspecified atom stereocenters. The monoisotopic (exact) mass is 467 g/mol. The van der Waals surface area contributed by atoms with E-state index in [0.29, 0.717) is 41.7 Å². The normalized spacial score (nSPS) is 11.2. The topological polar surface area (TPSA) is 89.1 Å². The van der Waals surface area contributed by atoms with Crippen LogP contribution in [0.15, 0.2) is 35.2 Å². The molecular weight excluding hydrogens is 438 g/mol. The molecule has 0 saturated carbocycles. The van der Waals surface area contributed by atoms with Gasteiger partial charge >= 0.3 is 0 Å². The number of anilines is 2. The Kier molecular flexibility index (Phi) is 8.49. The fraction of sp³-hybridized carbons (Fsp3) is 0.381. The van der Waals surface area contributed by atoms with Crippen molar-refractivity contribution < 1.29 is 22.6 Å². The number of methoxy groups -OCH3 is 3. The summed E-state index contributed by atoms with van der Waals surface area (Å²) in [6, 6.07) is 8.39. The summed E-state index contributed by atoms with van der Waals surface area (Å²) in [6.07, 6.45) is 0. The fourth-order valence-electron chi connectivity index (χ4n) is 3.05. The standard InChI is InChI=1S/C21H29N3O5S2/c1-7-24(8-2)31(25,26)16-10-9-14(3)17(13-16)23-21(30)22-15-11-18(27-4)20(29-6)19(12-15)28-5/h9-13H,7-8H2,1-6H3,(H2,22,23,30). The Labute approximate surface area is 189 Å². The number of ether oxygens (including phenoxy) is 3. The molecule has 0 radical (unpaired) electrons. The third kappa shape index (κ3) is 5.57. The van der Waals surface area contributed by atoms with E-state index in [1.165, 1.54) is 25.6 Å². The van der Waals surface area contributed by atoms with Crippen molar-refractivity contribution in [3.05, 3.63) is 35.9 Å². The highest BCUT2D eigenvalue weighted by atomic mass is 32.2. The van der Waals surface area contributed by atoms with E-state index in [4.69, 9.17) is 26.4 Å². The Bertz CT molecular complexity index is 1010. The minimum absolute atomic E-state index is 0.208. The second-order valence-corrected chi connectivity index (χ2v) is 8.91. The molecule has 0 amide bonds. The van der Waals surface area contributed by atoms with Gasteiger partial charge in [-0.05, 0) is 36.8 Å². The average molecular weight is 468 g/mol. The van der Waals surface area contributed by atoms with Crippen LogP contribution in [0.5, 0.6) is 17.2 Å². The number of nitrogens with zero attached hydrogens (tertiary/aromatic N) is 1. The Hall–Kier alpha value is -2.56. The van der Waals surface area contributed by atoms with Crippen LogP contribution in [0.4, 0.5) is 11.4 Å². The first-order chi connectivity index (χ1) is 14.7. The number of thiocarbonyl (C=S) groups is 1. The second-order valence-electron chi connectivity index (χ2n) is 6.56. The lowest BCUT2D eigenvalue weighted by Crippen LogP contribution is -2.30. The lowest BCUT2D eigenvalue weighted by Gasteiger charge is -2.20. The van der Waals surface area contributed by atoms with Gasteiger partial charge in [-0.3, -0.25) is 0 Å². The molecular formula is C21H29N3O5S2. The van der Waals surface area contributed by atoms with Crippen molar-refractivity contribution in [3.8, 4) is 17.2 Å². The summed E-state index contributed by atoms with van der Waals surface area (Å²) in [4.78, 5) is 0.208. The van der Waals surface area contributed by atoms with E-state index in [1.54, 1.807) is 30.3 Å². The molecule has 31 heavy (non-hydrogen) atoms. The van der Waals surface area contributed by atoms with Gasteiger partial charge in [0, 0.05) is 36.6 Å². The van der Waals surface area contributed by atoms with Crippen molar-refractivity contribution in [1.82, 2.24) is 4.31 Å². The molecule has 2 rings (SSSR count). The molecule has 0 spiro atoms. The lowest BCUT2D eigenvalue weighted by atomic mass is 10.2. The molecule has 0 aliphatic carbocycles. The lowest BCUT2D eigenvalue weighted by molar-refractivity contribution is 0.324. The summed E-state index contributed by atoms with van der Waals surface area (Å²) < 4.78 is 43.1. The van der Waals surface area contributed by atoms with Gasteiger partial charge < -0.3 is 24.8 Å². The maximum Gasteiger partial charge on any atom is 0.243 e. The molecule has 0 aliphatic heterocycles. The molecule has 0 fully saturated rings. The number of sulfonamides is 1. The van der Waals surface area contributed by atoms with Crippen molar-refractivity contribution in [2.75, 3.05) is 45.1 Å². The number of hydrogen-bond acceptors (Lipinski definition) is 6. The summed E-state index contributed by atoms with van der Waals surface area (Å²) in [5.74, 6) is 1.44. The van der Waals surface area contributed by atoms with Crippen LogP contribution in [0.25, 0.3) is 0 Å². The number of benzene rings is 2. The Morgan fingerprint density at radius 3 is 2.03 bits per heavy atom. The zero-order valence-electron chi connectivity index (χ0n) is 18.6. The van der Waals surface area contributed by atoms with E-state index >= 15 is 0 Å². The predicted octanol–water partition coefficient (Wildman–Crippen LogP) is 3.86. The molecule has 0 aromatic heterocycles. The predicted molar refractivity (Wildman–Crippen MR) is 127 cm³/mol. The van der Waals surface area contributed by atoms with Gasteiger partial charge in [0.05, 0.1) is 26.2 Å². The van der Waals surface area contributed by atoms with Crippen molar-refractivity contribution in [3.63, 3.8) is 0 Å². The maximum atomic E-state index is 12.8. The summed E-state index contributed by atoms with van der Waals surface area (Å²) >= 11 is 5.44. The molecule has 0 aliphatic rings. The van der Waals surface area contributed by atoms with Crippen LogP contribution < -0.4 is 24.8 Å². The van der Waals surface area contributed by atoms with Crippen molar-refractivity contribution in [1.29, 1.82) is 0 Å². The summed E-state index contributed by atoms with van der Waals surface area (Å²) in [7, 11) is 1.01. The smallest absolute Gasteiger partial charge is 0.243 e. The molecule has 2 N–H and O–H groups in total. The number of nitrogens with one attached hydrogen (secondary N) is 2. The van der Waals surface area contributed by atoms with Gasteiger partial charge in [0.1, 0.15) is 0 Å². The number of rotatable bonds is 9. The van der Waals surface area contributed by atoms with Gasteiger partial charge in [-0.1, -0.05) is 19.9 Å². The molecule has 10 heteroatoms. The average Bonchev–Trinajstić information content (AvgIpc) is 2.74. The van der Waals surface area contributed by atoms with E-state index in [9.17, 15) is 8.42 Å². The molecule has 2 aromatic rings. The summed E-state index contributed by atoms with van der Waals surface area (Å²) in [5, 5.41) is 6.43. The number of hydrogen-bond donors (Lipinski definition) is 2. The van der Waals surface area contributed by atoms with Crippen LogP contribution in [0, 0.1) is 6.92 Å². The molecule has 0 bridgehead atoms. The second kappa shape index (κ2) is 10.7.